The second-order valence-corrected chi connectivity index (χ2v) is 9.21. The van der Waals surface area contributed by atoms with Crippen LogP contribution in [-0.4, -0.2) is 55.8 Å². The van der Waals surface area contributed by atoms with Crippen molar-refractivity contribution in [1.29, 1.82) is 0 Å². The third kappa shape index (κ3) is 5.08. The van der Waals surface area contributed by atoms with E-state index in [4.69, 9.17) is 43.4 Å². The first kappa shape index (κ1) is 24.1. The highest BCUT2D eigenvalue weighted by Crippen LogP contribution is 2.32. The lowest BCUT2D eigenvalue weighted by Gasteiger charge is -2.03. The number of hydrogen-bond acceptors (Lipinski definition) is 10. The molecule has 0 unspecified atom stereocenters. The van der Waals surface area contributed by atoms with Crippen molar-refractivity contribution in [2.45, 2.75) is 25.7 Å². The summed E-state index contributed by atoms with van der Waals surface area (Å²) in [5, 5.41) is 23.4. The van der Waals surface area contributed by atoms with Crippen LogP contribution in [0.5, 0.6) is 23.0 Å². The van der Waals surface area contributed by atoms with Gasteiger partial charge in [0.1, 0.15) is 0 Å². The van der Waals surface area contributed by atoms with Crippen LogP contribution < -0.4 is 18.9 Å². The summed E-state index contributed by atoms with van der Waals surface area (Å²) in [5.74, 6) is 4.33. The van der Waals surface area contributed by atoms with Crippen molar-refractivity contribution in [2.24, 2.45) is 10.2 Å². The SMILES string of the molecule is S=c1[nH]nc(CCCCc2n[nH]c(=S)n2/N=C/c2ccc3c(c2)OCO3)n1/N=C/c1ccc2c(c1)OCO2. The predicted molar refractivity (Wildman–Crippen MR) is 143 cm³/mol. The second kappa shape index (κ2) is 10.6. The molecule has 0 bridgehead atoms. The van der Waals surface area contributed by atoms with E-state index < -0.39 is 0 Å². The number of aryl methyl sites for hydroxylation is 2. The number of fused-ring (bicyclic) bond motifs is 2. The largest absolute Gasteiger partial charge is 0.454 e. The van der Waals surface area contributed by atoms with Gasteiger partial charge in [-0.25, -0.2) is 0 Å². The molecule has 0 aliphatic carbocycles. The summed E-state index contributed by atoms with van der Waals surface area (Å²) in [5.41, 5.74) is 1.74. The van der Waals surface area contributed by atoms with Gasteiger partial charge in [0.2, 0.25) is 23.1 Å². The van der Waals surface area contributed by atoms with Gasteiger partial charge in [0.25, 0.3) is 0 Å². The molecule has 0 saturated heterocycles. The Bertz CT molecular complexity index is 1530. The molecule has 4 aromatic rings. The van der Waals surface area contributed by atoms with Gasteiger partial charge in [-0.15, -0.1) is 0 Å². The molecular formula is C24H22N8O4S2. The van der Waals surface area contributed by atoms with E-state index in [2.05, 4.69) is 30.6 Å². The van der Waals surface area contributed by atoms with Crippen molar-refractivity contribution in [3.63, 3.8) is 0 Å². The summed E-state index contributed by atoms with van der Waals surface area (Å²) in [7, 11) is 0. The number of H-pyrrole nitrogens is 2. The lowest BCUT2D eigenvalue weighted by molar-refractivity contribution is 0.173. The van der Waals surface area contributed by atoms with Gasteiger partial charge in [-0.3, -0.25) is 10.2 Å². The molecule has 2 aliphatic heterocycles. The van der Waals surface area contributed by atoms with Crippen LogP contribution >= 0.6 is 24.4 Å². The average Bonchev–Trinajstić information content (AvgIpc) is 3.72. The Balaban J connectivity index is 1.07. The molecule has 14 heteroatoms. The van der Waals surface area contributed by atoms with Gasteiger partial charge in [-0.2, -0.15) is 29.8 Å². The summed E-state index contributed by atoms with van der Waals surface area (Å²) in [6.07, 6.45) is 6.46. The molecule has 0 spiro atoms. The summed E-state index contributed by atoms with van der Waals surface area (Å²) in [6.45, 7) is 0.455. The minimum atomic E-state index is 0.227. The Labute approximate surface area is 226 Å². The first-order chi connectivity index (χ1) is 18.6. The van der Waals surface area contributed by atoms with E-state index in [9.17, 15) is 0 Å². The zero-order chi connectivity index (χ0) is 25.9. The van der Waals surface area contributed by atoms with Crippen molar-refractivity contribution in [1.82, 2.24) is 29.7 Å². The van der Waals surface area contributed by atoms with Gasteiger partial charge < -0.3 is 18.9 Å². The highest BCUT2D eigenvalue weighted by molar-refractivity contribution is 7.71. The highest BCUT2D eigenvalue weighted by atomic mass is 32.1. The molecule has 2 aromatic heterocycles. The van der Waals surface area contributed by atoms with E-state index in [-0.39, 0.29) is 13.6 Å². The van der Waals surface area contributed by atoms with Crippen LogP contribution in [0.3, 0.4) is 0 Å². The van der Waals surface area contributed by atoms with Crippen LogP contribution in [0.25, 0.3) is 0 Å². The Hall–Kier alpha value is -4.30. The van der Waals surface area contributed by atoms with Gasteiger partial charge in [0.15, 0.2) is 34.6 Å². The molecule has 194 valence electrons. The van der Waals surface area contributed by atoms with E-state index in [0.717, 1.165) is 47.1 Å². The zero-order valence-electron chi connectivity index (χ0n) is 20.0. The molecule has 2 N–H and O–H groups in total. The number of hydrogen-bond donors (Lipinski definition) is 2. The molecule has 2 aromatic carbocycles. The minimum absolute atomic E-state index is 0.227. The second-order valence-electron chi connectivity index (χ2n) is 8.44. The number of rotatable bonds is 9. The molecule has 12 nitrogen and oxygen atoms in total. The van der Waals surface area contributed by atoms with E-state index in [0.29, 0.717) is 33.9 Å². The summed E-state index contributed by atoms with van der Waals surface area (Å²) < 4.78 is 25.7. The monoisotopic (exact) mass is 550 g/mol. The van der Waals surface area contributed by atoms with Crippen LogP contribution in [0.4, 0.5) is 0 Å². The maximum atomic E-state index is 5.43. The number of nitrogens with one attached hydrogen (secondary N) is 2. The van der Waals surface area contributed by atoms with E-state index in [1.807, 2.05) is 36.4 Å². The van der Waals surface area contributed by atoms with Gasteiger partial charge in [0.05, 0.1) is 12.4 Å². The molecule has 38 heavy (non-hydrogen) atoms. The molecule has 0 radical (unpaired) electrons. The van der Waals surface area contributed by atoms with E-state index in [1.54, 1.807) is 21.8 Å². The highest BCUT2D eigenvalue weighted by Gasteiger charge is 2.14. The molecule has 0 fully saturated rings. The van der Waals surface area contributed by atoms with Crippen molar-refractivity contribution in [3.8, 4) is 23.0 Å². The fourth-order valence-electron chi connectivity index (χ4n) is 4.01. The number of unbranched alkanes of at least 4 members (excludes halogenated alkanes) is 1. The number of aromatic nitrogens is 6. The van der Waals surface area contributed by atoms with E-state index >= 15 is 0 Å². The van der Waals surface area contributed by atoms with Crippen LogP contribution in [0.1, 0.15) is 35.6 Å². The lowest BCUT2D eigenvalue weighted by atomic mass is 10.2. The van der Waals surface area contributed by atoms with Crippen molar-refractivity contribution in [3.05, 3.63) is 68.7 Å². The standard InChI is InChI=1S/C24H22N8O4S2/c37-23-29-27-21(31(23)25-11-15-5-7-17-19(9-15)35-13-33-17)3-1-2-4-22-28-30-24(38)32(22)26-12-16-6-8-18-20(10-16)36-14-34-18/h5-12H,1-4,13-14H2,(H,29,37)(H,30,38)/b25-11+,26-12+. The van der Waals surface area contributed by atoms with Crippen LogP contribution in [0, 0.1) is 9.54 Å². The lowest BCUT2D eigenvalue weighted by Crippen LogP contribution is -2.02. The van der Waals surface area contributed by atoms with Crippen LogP contribution in [-0.2, 0) is 12.8 Å². The number of nitrogens with zero attached hydrogens (tertiary/aromatic N) is 6. The third-order valence-corrected chi connectivity index (χ3v) is 6.45. The summed E-state index contributed by atoms with van der Waals surface area (Å²) >= 11 is 10.7. The Morgan fingerprint density at radius 2 is 1.16 bits per heavy atom. The Kier molecular flexibility index (Phi) is 6.71. The zero-order valence-corrected chi connectivity index (χ0v) is 21.6. The number of aromatic amines is 2. The van der Waals surface area contributed by atoms with Crippen LogP contribution in [0.2, 0.25) is 0 Å². The quantitative estimate of drug-likeness (QED) is 0.182. The Morgan fingerprint density at radius 1 is 0.711 bits per heavy atom. The molecule has 6 rings (SSSR count). The maximum absolute atomic E-state index is 5.43. The first-order valence-corrected chi connectivity index (χ1v) is 12.7. The fraction of sp³-hybridized carbons (Fsp3) is 0.250. The molecule has 0 saturated carbocycles. The van der Waals surface area contributed by atoms with Crippen molar-refractivity contribution >= 4 is 36.9 Å². The Morgan fingerprint density at radius 3 is 1.63 bits per heavy atom. The fourth-order valence-corrected chi connectivity index (χ4v) is 4.41. The molecule has 2 aliphatic rings. The third-order valence-electron chi connectivity index (χ3n) is 5.92. The van der Waals surface area contributed by atoms with Crippen molar-refractivity contribution in [2.75, 3.05) is 13.6 Å². The summed E-state index contributed by atoms with van der Waals surface area (Å²) in [6, 6.07) is 11.3. The molecule has 0 amide bonds. The van der Waals surface area contributed by atoms with E-state index in [1.165, 1.54) is 0 Å². The molecular weight excluding hydrogens is 528 g/mol. The minimum Gasteiger partial charge on any atom is -0.454 e. The summed E-state index contributed by atoms with van der Waals surface area (Å²) in [4.78, 5) is 0. The molecule has 4 heterocycles. The van der Waals surface area contributed by atoms with Crippen LogP contribution in [0.15, 0.2) is 46.6 Å². The molecule has 0 atom stereocenters. The van der Waals surface area contributed by atoms with Gasteiger partial charge >= 0.3 is 0 Å². The topological polar surface area (TPSA) is 129 Å². The van der Waals surface area contributed by atoms with Gasteiger partial charge in [0, 0.05) is 12.8 Å². The predicted octanol–water partition coefficient (Wildman–Crippen LogP) is 3.98. The number of ether oxygens (including phenoxy) is 4. The maximum Gasteiger partial charge on any atom is 0.231 e. The van der Waals surface area contributed by atoms with Gasteiger partial charge in [-0.1, -0.05) is 0 Å². The normalized spacial score (nSPS) is 13.8. The smallest absolute Gasteiger partial charge is 0.231 e. The van der Waals surface area contributed by atoms with Crippen molar-refractivity contribution < 1.29 is 18.9 Å². The van der Waals surface area contributed by atoms with Gasteiger partial charge in [-0.05, 0) is 84.8 Å². The number of benzene rings is 2. The first-order valence-electron chi connectivity index (χ1n) is 11.8. The average molecular weight is 551 g/mol.